The Bertz CT molecular complexity index is 3200. The topological polar surface area (TPSA) is 4.93 Å². The molecule has 0 radical (unpaired) electrons. The molecule has 0 amide bonds. The third kappa shape index (κ3) is 4.35. The quantitative estimate of drug-likeness (QED) is 0.173. The Kier molecular flexibility index (Phi) is 6.40. The first-order chi connectivity index (χ1) is 27.3. The van der Waals surface area contributed by atoms with Crippen LogP contribution in [-0.2, 0) is 0 Å². The van der Waals surface area contributed by atoms with Crippen LogP contribution in [0.5, 0.6) is 0 Å². The van der Waals surface area contributed by atoms with Gasteiger partial charge < -0.3 is 4.57 Å². The minimum Gasteiger partial charge on any atom is -0.309 e. The molecule has 0 aliphatic heterocycles. The van der Waals surface area contributed by atoms with Crippen LogP contribution in [0, 0.1) is 0 Å². The van der Waals surface area contributed by atoms with Gasteiger partial charge in [0.25, 0.3) is 0 Å². The molecule has 55 heavy (non-hydrogen) atoms. The summed E-state index contributed by atoms with van der Waals surface area (Å²) in [6.45, 7) is 0. The second kappa shape index (κ2) is 11.6. The fraction of sp³-hybridized carbons (Fsp3) is 0. The van der Waals surface area contributed by atoms with Gasteiger partial charge in [-0.25, -0.2) is 0 Å². The van der Waals surface area contributed by atoms with Gasteiger partial charge in [-0.1, -0.05) is 170 Å². The highest BCUT2D eigenvalue weighted by molar-refractivity contribution is 6.29. The van der Waals surface area contributed by atoms with Gasteiger partial charge in [-0.2, -0.15) is 0 Å². The summed E-state index contributed by atoms with van der Waals surface area (Å²) < 4.78 is 2.40. The van der Waals surface area contributed by atoms with Gasteiger partial charge in [-0.3, -0.25) is 0 Å². The molecule has 1 nitrogen and oxygen atoms in total. The van der Waals surface area contributed by atoms with Crippen LogP contribution in [0.3, 0.4) is 0 Å². The maximum Gasteiger partial charge on any atom is 0.0541 e. The lowest BCUT2D eigenvalue weighted by Gasteiger charge is -2.20. The lowest BCUT2D eigenvalue weighted by Crippen LogP contribution is -1.93. The van der Waals surface area contributed by atoms with E-state index >= 15 is 0 Å². The van der Waals surface area contributed by atoms with E-state index in [0.29, 0.717) is 0 Å². The van der Waals surface area contributed by atoms with Crippen LogP contribution < -0.4 is 0 Å². The van der Waals surface area contributed by atoms with Gasteiger partial charge in [0.1, 0.15) is 0 Å². The third-order valence-corrected chi connectivity index (χ3v) is 11.9. The van der Waals surface area contributed by atoms with Gasteiger partial charge >= 0.3 is 0 Å². The van der Waals surface area contributed by atoms with Crippen LogP contribution in [-0.4, -0.2) is 4.57 Å². The summed E-state index contributed by atoms with van der Waals surface area (Å²) in [5, 5.41) is 10.2. The van der Waals surface area contributed by atoms with E-state index in [-0.39, 0.29) is 0 Å². The molecule has 0 fully saturated rings. The molecule has 0 saturated carbocycles. The molecule has 11 aromatic rings. The molecule has 1 aliphatic rings. The summed E-state index contributed by atoms with van der Waals surface area (Å²) in [5.41, 5.74) is 16.5. The summed E-state index contributed by atoms with van der Waals surface area (Å²) in [6.07, 6.45) is 0. The Balaban J connectivity index is 1.07. The number of aromatic nitrogens is 1. The van der Waals surface area contributed by atoms with Crippen molar-refractivity contribution in [3.63, 3.8) is 0 Å². The average Bonchev–Trinajstić information content (AvgIpc) is 3.77. The second-order valence-electron chi connectivity index (χ2n) is 14.8. The molecule has 0 N–H and O–H groups in total. The maximum atomic E-state index is 2.40. The van der Waals surface area contributed by atoms with E-state index in [0.717, 1.165) is 0 Å². The van der Waals surface area contributed by atoms with Crippen molar-refractivity contribution >= 4 is 54.1 Å². The lowest BCUT2D eigenvalue weighted by molar-refractivity contribution is 1.19. The molecule has 0 atom stereocenters. The zero-order chi connectivity index (χ0) is 36.0. The highest BCUT2D eigenvalue weighted by atomic mass is 15.0. The number of nitrogens with zero attached hydrogens (tertiary/aromatic N) is 1. The molecule has 0 spiro atoms. The van der Waals surface area contributed by atoms with Gasteiger partial charge in [0, 0.05) is 16.5 Å². The third-order valence-electron chi connectivity index (χ3n) is 11.9. The molecule has 0 bridgehead atoms. The van der Waals surface area contributed by atoms with Gasteiger partial charge in [0.05, 0.1) is 11.0 Å². The molecule has 0 unspecified atom stereocenters. The normalized spacial score (nSPS) is 12.0. The largest absolute Gasteiger partial charge is 0.309 e. The number of benzene rings is 10. The molecule has 1 heteroatoms. The monoisotopic (exact) mass is 695 g/mol. The Morgan fingerprint density at radius 3 is 1.40 bits per heavy atom. The number of fused-ring (bicyclic) bond motifs is 8. The number of hydrogen-bond acceptors (Lipinski definition) is 0. The molecule has 0 saturated heterocycles. The van der Waals surface area contributed by atoms with Crippen molar-refractivity contribution in [1.82, 2.24) is 4.57 Å². The molecule has 12 rings (SSSR count). The Hall–Kier alpha value is -7.22. The molecule has 1 heterocycles. The predicted octanol–water partition coefficient (Wildman–Crippen LogP) is 14.9. The fourth-order valence-electron chi connectivity index (χ4n) is 9.60. The Morgan fingerprint density at radius 2 is 0.764 bits per heavy atom. The first kappa shape index (κ1) is 30.3. The minimum absolute atomic E-state index is 1.18. The Morgan fingerprint density at radius 1 is 0.273 bits per heavy atom. The van der Waals surface area contributed by atoms with Gasteiger partial charge in [-0.05, 0) is 118 Å². The summed E-state index contributed by atoms with van der Waals surface area (Å²) in [6, 6.07) is 73.9. The van der Waals surface area contributed by atoms with Crippen molar-refractivity contribution in [2.75, 3.05) is 0 Å². The first-order valence-electron chi connectivity index (χ1n) is 19.1. The zero-order valence-electron chi connectivity index (χ0n) is 30.0. The highest BCUT2D eigenvalue weighted by Gasteiger charge is 2.31. The van der Waals surface area contributed by atoms with Crippen molar-refractivity contribution in [3.05, 3.63) is 200 Å². The summed E-state index contributed by atoms with van der Waals surface area (Å²) in [7, 11) is 0. The van der Waals surface area contributed by atoms with Crippen LogP contribution in [0.2, 0.25) is 0 Å². The summed E-state index contributed by atoms with van der Waals surface area (Å²) >= 11 is 0. The van der Waals surface area contributed by atoms with Crippen molar-refractivity contribution in [2.45, 2.75) is 0 Å². The van der Waals surface area contributed by atoms with Crippen LogP contribution in [0.25, 0.3) is 115 Å². The minimum atomic E-state index is 1.18. The van der Waals surface area contributed by atoms with Crippen LogP contribution in [0.15, 0.2) is 200 Å². The molecule has 10 aromatic carbocycles. The van der Waals surface area contributed by atoms with Crippen molar-refractivity contribution in [1.29, 1.82) is 0 Å². The van der Waals surface area contributed by atoms with E-state index in [1.807, 2.05) is 0 Å². The SMILES string of the molecule is c1ccc(-c2c3c(c(-c4ccccc4)c4ccccc24)-c2ccc(-c4ccc5cc(-n6c7ccccc7c7ccccc76)ccc5c4)c4cccc-3c24)cc1. The highest BCUT2D eigenvalue weighted by Crippen LogP contribution is 2.58. The van der Waals surface area contributed by atoms with Crippen molar-refractivity contribution in [3.8, 4) is 61.3 Å². The smallest absolute Gasteiger partial charge is 0.0541 e. The fourth-order valence-corrected chi connectivity index (χ4v) is 9.60. The summed E-state index contributed by atoms with van der Waals surface area (Å²) in [4.78, 5) is 0. The van der Waals surface area contributed by atoms with Crippen LogP contribution in [0.1, 0.15) is 0 Å². The van der Waals surface area contributed by atoms with Crippen molar-refractivity contribution < 1.29 is 0 Å². The number of hydrogen-bond donors (Lipinski definition) is 0. The van der Waals surface area contributed by atoms with Gasteiger partial charge in [0.2, 0.25) is 0 Å². The van der Waals surface area contributed by atoms with E-state index in [1.54, 1.807) is 0 Å². The zero-order valence-corrected chi connectivity index (χ0v) is 30.0. The lowest BCUT2D eigenvalue weighted by atomic mass is 9.82. The standard InChI is InChI=1S/C54H33N/c1-3-14-34(15-4-1)50-44-20-7-8-21-45(44)51(35-16-5-2-6-17-35)54-47-31-30-40(43-22-13-23-46(52(43)47)53(50)54)38-27-26-37-33-39(29-28-36(37)32-38)55-48-24-11-9-18-41(48)42-19-10-12-25-49(42)55/h1-33H. The van der Waals surface area contributed by atoms with E-state index in [9.17, 15) is 0 Å². The van der Waals surface area contributed by atoms with Gasteiger partial charge in [0.15, 0.2) is 0 Å². The van der Waals surface area contributed by atoms with E-state index < -0.39 is 0 Å². The Labute approximate surface area is 319 Å². The van der Waals surface area contributed by atoms with Crippen LogP contribution in [0.4, 0.5) is 0 Å². The van der Waals surface area contributed by atoms with Crippen molar-refractivity contribution in [2.24, 2.45) is 0 Å². The number of para-hydroxylation sites is 2. The molecule has 1 aliphatic carbocycles. The maximum absolute atomic E-state index is 2.40. The summed E-state index contributed by atoms with van der Waals surface area (Å²) in [5.74, 6) is 0. The number of rotatable bonds is 4. The van der Waals surface area contributed by atoms with Crippen LogP contribution >= 0.6 is 0 Å². The second-order valence-corrected chi connectivity index (χ2v) is 14.8. The first-order valence-corrected chi connectivity index (χ1v) is 19.1. The van der Waals surface area contributed by atoms with E-state index in [4.69, 9.17) is 0 Å². The molecule has 1 aromatic heterocycles. The van der Waals surface area contributed by atoms with E-state index in [1.165, 1.54) is 115 Å². The predicted molar refractivity (Wildman–Crippen MR) is 234 cm³/mol. The van der Waals surface area contributed by atoms with E-state index in [2.05, 4.69) is 205 Å². The van der Waals surface area contributed by atoms with Gasteiger partial charge in [-0.15, -0.1) is 0 Å². The average molecular weight is 696 g/mol. The molecule has 254 valence electrons. The molecular weight excluding hydrogens is 663 g/mol. The molecular formula is C54H33N.